The second-order valence-electron chi connectivity index (χ2n) is 5.60. The lowest BCUT2D eigenvalue weighted by Crippen LogP contribution is -2.41. The summed E-state index contributed by atoms with van der Waals surface area (Å²) in [5.41, 5.74) is 6.69. The number of H-pyrrole nitrogens is 1. The average molecular weight is 406 g/mol. The van der Waals surface area contributed by atoms with Gasteiger partial charge in [0, 0.05) is 29.1 Å². The third kappa shape index (κ3) is 5.86. The highest BCUT2D eigenvalue weighted by molar-refractivity contribution is 9.10. The Bertz CT molecular complexity index is 753. The van der Waals surface area contributed by atoms with Gasteiger partial charge in [-0.05, 0) is 34.0 Å². The number of aryl methyl sites for hydroxylation is 1. The lowest BCUT2D eigenvalue weighted by molar-refractivity contribution is -0.121. The molecule has 0 aliphatic rings. The molecule has 132 valence electrons. The molecule has 0 saturated heterocycles. The molecule has 0 radical (unpaired) electrons. The monoisotopic (exact) mass is 405 g/mol. The average Bonchev–Trinajstić information content (AvgIpc) is 3.05. The first-order valence-electron chi connectivity index (χ1n) is 8.05. The molecule has 2 amide bonds. The minimum Gasteiger partial charge on any atom is -0.356 e. The number of Topliss-reactive ketones (excluding diaryl/α,β-unsaturated/α-hetero) is 1. The van der Waals surface area contributed by atoms with Crippen LogP contribution in [0.4, 0.5) is 0 Å². The number of halogens is 1. The van der Waals surface area contributed by atoms with Gasteiger partial charge < -0.3 is 4.98 Å². The zero-order valence-corrected chi connectivity index (χ0v) is 15.5. The van der Waals surface area contributed by atoms with Gasteiger partial charge in [0.1, 0.15) is 5.69 Å². The van der Waals surface area contributed by atoms with Crippen LogP contribution >= 0.6 is 15.9 Å². The molecule has 6 nitrogen and oxygen atoms in total. The summed E-state index contributed by atoms with van der Waals surface area (Å²) in [5, 5.41) is 0. The first-order chi connectivity index (χ1) is 12.0. The molecule has 0 spiro atoms. The van der Waals surface area contributed by atoms with Crippen molar-refractivity contribution >= 4 is 33.5 Å². The predicted octanol–water partition coefficient (Wildman–Crippen LogP) is 3.15. The molecule has 3 N–H and O–H groups in total. The Morgan fingerprint density at radius 2 is 1.80 bits per heavy atom. The van der Waals surface area contributed by atoms with Gasteiger partial charge in [0.25, 0.3) is 5.91 Å². The molecule has 0 atom stereocenters. The van der Waals surface area contributed by atoms with Crippen molar-refractivity contribution in [1.29, 1.82) is 0 Å². The van der Waals surface area contributed by atoms with Crippen LogP contribution < -0.4 is 10.9 Å². The van der Waals surface area contributed by atoms with Crippen molar-refractivity contribution in [2.45, 2.75) is 32.6 Å². The summed E-state index contributed by atoms with van der Waals surface area (Å²) >= 11 is 3.22. The highest BCUT2D eigenvalue weighted by Crippen LogP contribution is 2.11. The smallest absolute Gasteiger partial charge is 0.286 e. The molecule has 0 bridgehead atoms. The fourth-order valence-corrected chi connectivity index (χ4v) is 2.62. The highest BCUT2D eigenvalue weighted by Gasteiger charge is 2.12. The standard InChI is InChI=1S/C18H20BrN3O3/c1-2-3-12-4-6-13(7-5-12)16(23)8-9-17(24)21-22-18(25)15-10-14(19)11-20-15/h4-7,10-11,20H,2-3,8-9H2,1H3,(H,21,24)(H,22,25). The molecule has 1 aromatic carbocycles. The maximum atomic E-state index is 12.1. The van der Waals surface area contributed by atoms with E-state index >= 15 is 0 Å². The summed E-state index contributed by atoms with van der Waals surface area (Å²) < 4.78 is 0.736. The van der Waals surface area contributed by atoms with E-state index in [4.69, 9.17) is 0 Å². The second kappa shape index (κ2) is 9.17. The van der Waals surface area contributed by atoms with Gasteiger partial charge in [-0.15, -0.1) is 0 Å². The fraction of sp³-hybridized carbons (Fsp3) is 0.278. The summed E-state index contributed by atoms with van der Waals surface area (Å²) in [6.45, 7) is 2.10. The first-order valence-corrected chi connectivity index (χ1v) is 8.84. The van der Waals surface area contributed by atoms with E-state index in [0.717, 1.165) is 17.3 Å². The number of hydrazine groups is 1. The largest absolute Gasteiger partial charge is 0.356 e. The van der Waals surface area contributed by atoms with Gasteiger partial charge in [-0.2, -0.15) is 0 Å². The number of nitrogens with one attached hydrogen (secondary N) is 3. The molecule has 2 aromatic rings. The summed E-state index contributed by atoms with van der Waals surface area (Å²) in [7, 11) is 0. The van der Waals surface area contributed by atoms with Gasteiger partial charge in [0.15, 0.2) is 5.78 Å². The van der Waals surface area contributed by atoms with E-state index in [9.17, 15) is 14.4 Å². The van der Waals surface area contributed by atoms with Gasteiger partial charge in [-0.25, -0.2) is 0 Å². The van der Waals surface area contributed by atoms with E-state index in [1.807, 2.05) is 12.1 Å². The zero-order chi connectivity index (χ0) is 18.2. The molecule has 1 heterocycles. The molecular formula is C18H20BrN3O3. The van der Waals surface area contributed by atoms with E-state index in [1.165, 1.54) is 5.56 Å². The van der Waals surface area contributed by atoms with E-state index in [0.29, 0.717) is 11.3 Å². The Labute approximate surface area is 154 Å². The molecule has 7 heteroatoms. The van der Waals surface area contributed by atoms with E-state index in [2.05, 4.69) is 38.7 Å². The van der Waals surface area contributed by atoms with Gasteiger partial charge in [0.05, 0.1) is 0 Å². The van der Waals surface area contributed by atoms with Gasteiger partial charge in [-0.1, -0.05) is 37.6 Å². The Morgan fingerprint density at radius 3 is 2.40 bits per heavy atom. The molecule has 0 fully saturated rings. The number of ketones is 1. The summed E-state index contributed by atoms with van der Waals surface area (Å²) in [4.78, 5) is 38.4. The quantitative estimate of drug-likeness (QED) is 0.487. The van der Waals surface area contributed by atoms with Crippen LogP contribution in [0.2, 0.25) is 0 Å². The van der Waals surface area contributed by atoms with Crippen LogP contribution in [-0.2, 0) is 11.2 Å². The number of carbonyl (C=O) groups is 3. The third-order valence-electron chi connectivity index (χ3n) is 3.60. The Hall–Kier alpha value is -2.41. The number of aromatic amines is 1. The topological polar surface area (TPSA) is 91.1 Å². The number of benzene rings is 1. The molecular weight excluding hydrogens is 386 g/mol. The first kappa shape index (κ1) is 18.9. The van der Waals surface area contributed by atoms with Crippen molar-refractivity contribution in [1.82, 2.24) is 15.8 Å². The summed E-state index contributed by atoms with van der Waals surface area (Å²) in [5.74, 6) is -0.982. The van der Waals surface area contributed by atoms with Crippen molar-refractivity contribution < 1.29 is 14.4 Å². The Morgan fingerprint density at radius 1 is 1.08 bits per heavy atom. The van der Waals surface area contributed by atoms with E-state index < -0.39 is 11.8 Å². The Balaban J connectivity index is 1.75. The van der Waals surface area contributed by atoms with Gasteiger partial charge >= 0.3 is 0 Å². The van der Waals surface area contributed by atoms with Crippen LogP contribution in [-0.4, -0.2) is 22.6 Å². The molecule has 0 unspecified atom stereocenters. The van der Waals surface area contributed by atoms with Crippen LogP contribution in [0.3, 0.4) is 0 Å². The maximum absolute atomic E-state index is 12.1. The van der Waals surface area contributed by atoms with Crippen LogP contribution in [0.15, 0.2) is 41.0 Å². The molecule has 0 aliphatic carbocycles. The number of aromatic nitrogens is 1. The molecule has 1 aromatic heterocycles. The van der Waals surface area contributed by atoms with Crippen LogP contribution in [0, 0.1) is 0 Å². The van der Waals surface area contributed by atoms with Gasteiger partial charge in [0.2, 0.25) is 5.91 Å². The number of hydrogen-bond acceptors (Lipinski definition) is 3. The number of amides is 2. The van der Waals surface area contributed by atoms with Crippen LogP contribution in [0.5, 0.6) is 0 Å². The van der Waals surface area contributed by atoms with Crippen molar-refractivity contribution in [3.8, 4) is 0 Å². The Kier molecular flexibility index (Phi) is 6.94. The lowest BCUT2D eigenvalue weighted by Gasteiger charge is -2.06. The fourth-order valence-electron chi connectivity index (χ4n) is 2.27. The third-order valence-corrected chi connectivity index (χ3v) is 4.06. The van der Waals surface area contributed by atoms with E-state index in [-0.39, 0.29) is 18.6 Å². The molecule has 2 rings (SSSR count). The van der Waals surface area contributed by atoms with Crippen molar-refractivity contribution in [3.63, 3.8) is 0 Å². The molecule has 0 aliphatic heterocycles. The minimum absolute atomic E-state index is 0.00421. The van der Waals surface area contributed by atoms with Crippen molar-refractivity contribution in [2.24, 2.45) is 0 Å². The minimum atomic E-state index is -0.461. The number of rotatable bonds is 7. The zero-order valence-electron chi connectivity index (χ0n) is 13.9. The summed E-state index contributed by atoms with van der Waals surface area (Å²) in [6, 6.07) is 9.04. The maximum Gasteiger partial charge on any atom is 0.286 e. The number of carbonyl (C=O) groups excluding carboxylic acids is 3. The normalized spacial score (nSPS) is 10.3. The second-order valence-corrected chi connectivity index (χ2v) is 6.52. The SMILES string of the molecule is CCCc1ccc(C(=O)CCC(=O)NNC(=O)c2cc(Br)c[nH]2)cc1. The van der Waals surface area contributed by atoms with E-state index in [1.54, 1.807) is 24.4 Å². The van der Waals surface area contributed by atoms with Crippen LogP contribution in [0.25, 0.3) is 0 Å². The number of hydrogen-bond donors (Lipinski definition) is 3. The van der Waals surface area contributed by atoms with Crippen molar-refractivity contribution in [2.75, 3.05) is 0 Å². The highest BCUT2D eigenvalue weighted by atomic mass is 79.9. The molecule has 25 heavy (non-hydrogen) atoms. The summed E-state index contributed by atoms with van der Waals surface area (Å²) in [6.07, 6.45) is 3.74. The van der Waals surface area contributed by atoms with Gasteiger partial charge in [-0.3, -0.25) is 25.2 Å². The predicted molar refractivity (Wildman–Crippen MR) is 98.1 cm³/mol. The van der Waals surface area contributed by atoms with Crippen LogP contribution in [0.1, 0.15) is 52.6 Å². The van der Waals surface area contributed by atoms with Crippen molar-refractivity contribution in [3.05, 3.63) is 57.8 Å². The lowest BCUT2D eigenvalue weighted by atomic mass is 10.0. The molecule has 0 saturated carbocycles.